The number of nitrogens with zero attached hydrogens (tertiary/aromatic N) is 3. The molecule has 0 radical (unpaired) electrons. The molecule has 0 unspecified atom stereocenters. The van der Waals surface area contributed by atoms with Gasteiger partial charge in [-0.2, -0.15) is 0 Å². The maximum atomic E-state index is 12.4. The monoisotopic (exact) mass is 570 g/mol. The molecule has 1 aromatic heterocycles. The number of ether oxygens (including phenoxy) is 1. The molecule has 0 atom stereocenters. The number of aryl methyl sites for hydroxylation is 2. The van der Waals surface area contributed by atoms with E-state index in [9.17, 15) is 18.0 Å². The lowest BCUT2D eigenvalue weighted by Crippen LogP contribution is -2.38. The van der Waals surface area contributed by atoms with Gasteiger partial charge in [-0.05, 0) is 72.3 Å². The first-order valence-electron chi connectivity index (χ1n) is 12.6. The number of carbonyl (C=O) groups is 1. The molecule has 8 nitrogen and oxygen atoms in total. The predicted molar refractivity (Wildman–Crippen MR) is 148 cm³/mol. The minimum absolute atomic E-state index is 0.275. The molecule has 0 aliphatic rings. The van der Waals surface area contributed by atoms with E-state index in [1.54, 1.807) is 11.9 Å². The van der Waals surface area contributed by atoms with Gasteiger partial charge in [0.25, 0.3) is 0 Å². The van der Waals surface area contributed by atoms with Crippen LogP contribution in [-0.2, 0) is 13.0 Å². The number of hydrogen-bond donors (Lipinski definition) is 3. The van der Waals surface area contributed by atoms with Crippen molar-refractivity contribution < 1.29 is 22.7 Å². The molecule has 0 saturated carbocycles. The molecule has 0 fully saturated rings. The van der Waals surface area contributed by atoms with Crippen LogP contribution in [0.1, 0.15) is 23.6 Å². The molecule has 0 aliphatic heterocycles. The molecule has 210 valence electrons. The lowest BCUT2D eigenvalue weighted by Gasteiger charge is -2.12. The molecule has 0 bridgehead atoms. The summed E-state index contributed by atoms with van der Waals surface area (Å²) in [5.41, 5.74) is 4.64. The second-order valence-electron chi connectivity index (χ2n) is 8.78. The summed E-state index contributed by atoms with van der Waals surface area (Å²) in [7, 11) is 0. The highest BCUT2D eigenvalue weighted by atomic mass is 32.2. The molecule has 0 saturated heterocycles. The second-order valence-corrected chi connectivity index (χ2v) is 9.68. The number of benzene rings is 3. The van der Waals surface area contributed by atoms with Gasteiger partial charge >= 0.3 is 12.4 Å². The Morgan fingerprint density at radius 3 is 2.55 bits per heavy atom. The van der Waals surface area contributed by atoms with Gasteiger partial charge in [-0.1, -0.05) is 43.3 Å². The summed E-state index contributed by atoms with van der Waals surface area (Å²) in [6.07, 6.45) is -2.31. The standard InChI is InChI=1S/C28H29F3N6O2S/c1-3-21-8-4-6-19(2)25(21)40-35-15-14-32-27(38)33-17-20-7-5-9-22(16-20)26-34-18-37(36-26)23-10-12-24(13-11-23)39-28(29,30)31/h4-13,16,18,35H,3,14-15,17H2,1-2H3,(H2,32,33,38). The van der Waals surface area contributed by atoms with E-state index in [0.717, 1.165) is 17.5 Å². The number of aromatic nitrogens is 3. The van der Waals surface area contributed by atoms with E-state index in [4.69, 9.17) is 0 Å². The van der Waals surface area contributed by atoms with Crippen LogP contribution in [-0.4, -0.2) is 40.2 Å². The fourth-order valence-corrected chi connectivity index (χ4v) is 4.79. The third-order valence-corrected chi connectivity index (χ3v) is 6.96. The van der Waals surface area contributed by atoms with Crippen molar-refractivity contribution in [3.63, 3.8) is 0 Å². The number of alkyl halides is 3. The predicted octanol–water partition coefficient (Wildman–Crippen LogP) is 5.80. The Morgan fingerprint density at radius 2 is 1.80 bits per heavy atom. The zero-order valence-electron chi connectivity index (χ0n) is 22.0. The molecule has 3 N–H and O–H groups in total. The number of hydrogen-bond acceptors (Lipinski definition) is 6. The second kappa shape index (κ2) is 13.4. The Kier molecular flexibility index (Phi) is 9.67. The van der Waals surface area contributed by atoms with E-state index in [-0.39, 0.29) is 11.8 Å². The Labute approximate surface area is 234 Å². The van der Waals surface area contributed by atoms with E-state index in [1.807, 2.05) is 24.3 Å². The summed E-state index contributed by atoms with van der Waals surface area (Å²) in [4.78, 5) is 17.8. The zero-order chi connectivity index (χ0) is 28.5. The quantitative estimate of drug-likeness (QED) is 0.156. The van der Waals surface area contributed by atoms with Crippen LogP contribution in [0.4, 0.5) is 18.0 Å². The first-order chi connectivity index (χ1) is 19.2. The Bertz CT molecular complexity index is 1430. The average molecular weight is 571 g/mol. The van der Waals surface area contributed by atoms with E-state index in [0.29, 0.717) is 31.1 Å². The maximum absolute atomic E-state index is 12.4. The van der Waals surface area contributed by atoms with Crippen LogP contribution >= 0.6 is 11.9 Å². The Hall–Kier alpha value is -4.03. The first kappa shape index (κ1) is 29.0. The third kappa shape index (κ3) is 8.23. The summed E-state index contributed by atoms with van der Waals surface area (Å²) < 4.78 is 45.8. The Balaban J connectivity index is 1.24. The fourth-order valence-electron chi connectivity index (χ4n) is 3.87. The summed E-state index contributed by atoms with van der Waals surface area (Å²) in [5, 5.41) is 10.1. The highest BCUT2D eigenvalue weighted by Gasteiger charge is 2.31. The molecule has 12 heteroatoms. The number of amides is 2. The van der Waals surface area contributed by atoms with Crippen LogP contribution in [0.2, 0.25) is 0 Å². The summed E-state index contributed by atoms with van der Waals surface area (Å²) in [5.74, 6) is 0.120. The van der Waals surface area contributed by atoms with Gasteiger partial charge < -0.3 is 15.4 Å². The van der Waals surface area contributed by atoms with Crippen molar-refractivity contribution in [3.8, 4) is 22.8 Å². The number of halogens is 3. The number of urea groups is 1. The molecular formula is C28H29F3N6O2S. The van der Waals surface area contributed by atoms with Crippen LogP contribution in [0.15, 0.2) is 78.0 Å². The van der Waals surface area contributed by atoms with Crippen molar-refractivity contribution >= 4 is 18.0 Å². The number of nitrogens with one attached hydrogen (secondary N) is 3. The molecule has 0 spiro atoms. The van der Waals surface area contributed by atoms with Crippen molar-refractivity contribution in [2.24, 2.45) is 0 Å². The lowest BCUT2D eigenvalue weighted by molar-refractivity contribution is -0.274. The van der Waals surface area contributed by atoms with E-state index in [2.05, 4.69) is 62.2 Å². The first-order valence-corrected chi connectivity index (χ1v) is 13.4. The van der Waals surface area contributed by atoms with Gasteiger partial charge in [0.05, 0.1) is 5.69 Å². The maximum Gasteiger partial charge on any atom is 0.573 e. The van der Waals surface area contributed by atoms with E-state index in [1.165, 1.54) is 51.3 Å². The highest BCUT2D eigenvalue weighted by molar-refractivity contribution is 7.97. The van der Waals surface area contributed by atoms with Gasteiger partial charge in [-0.25, -0.2) is 14.5 Å². The largest absolute Gasteiger partial charge is 0.573 e. The summed E-state index contributed by atoms with van der Waals surface area (Å²) in [6, 6.07) is 18.8. The lowest BCUT2D eigenvalue weighted by atomic mass is 10.1. The van der Waals surface area contributed by atoms with E-state index >= 15 is 0 Å². The smallest absolute Gasteiger partial charge is 0.406 e. The number of carbonyl (C=O) groups excluding carboxylic acids is 1. The minimum Gasteiger partial charge on any atom is -0.406 e. The third-order valence-electron chi connectivity index (χ3n) is 5.83. The Morgan fingerprint density at radius 1 is 1.02 bits per heavy atom. The minimum atomic E-state index is -4.75. The normalized spacial score (nSPS) is 11.3. The molecule has 0 aliphatic carbocycles. The van der Waals surface area contributed by atoms with Gasteiger partial charge in [-0.3, -0.25) is 4.72 Å². The van der Waals surface area contributed by atoms with Gasteiger partial charge in [-0.15, -0.1) is 18.3 Å². The molecule has 2 amide bonds. The van der Waals surface area contributed by atoms with Gasteiger partial charge in [0.15, 0.2) is 5.82 Å². The van der Waals surface area contributed by atoms with Gasteiger partial charge in [0, 0.05) is 30.1 Å². The molecule has 4 aromatic rings. The zero-order valence-corrected chi connectivity index (χ0v) is 22.8. The SMILES string of the molecule is CCc1cccc(C)c1SNCCNC(=O)NCc1cccc(-c2ncn(-c3ccc(OC(F)(F)F)cc3)n2)c1. The summed E-state index contributed by atoms with van der Waals surface area (Å²) in [6.45, 7) is 5.61. The molecule has 1 heterocycles. The van der Waals surface area contributed by atoms with Crippen LogP contribution in [0.25, 0.3) is 17.1 Å². The topological polar surface area (TPSA) is 93.1 Å². The van der Waals surface area contributed by atoms with Crippen molar-refractivity contribution in [1.29, 1.82) is 0 Å². The van der Waals surface area contributed by atoms with Crippen LogP contribution in [0.3, 0.4) is 0 Å². The molecule has 4 rings (SSSR count). The summed E-state index contributed by atoms with van der Waals surface area (Å²) >= 11 is 1.58. The van der Waals surface area contributed by atoms with Crippen molar-refractivity contribution in [3.05, 3.63) is 89.7 Å². The molecule has 40 heavy (non-hydrogen) atoms. The van der Waals surface area contributed by atoms with E-state index < -0.39 is 6.36 Å². The van der Waals surface area contributed by atoms with Crippen molar-refractivity contribution in [2.75, 3.05) is 13.1 Å². The molecule has 3 aromatic carbocycles. The van der Waals surface area contributed by atoms with Crippen LogP contribution < -0.4 is 20.1 Å². The van der Waals surface area contributed by atoms with Gasteiger partial charge in [0.2, 0.25) is 0 Å². The highest BCUT2D eigenvalue weighted by Crippen LogP contribution is 2.25. The molecular weight excluding hydrogens is 541 g/mol. The van der Waals surface area contributed by atoms with Crippen molar-refractivity contribution in [1.82, 2.24) is 30.1 Å². The van der Waals surface area contributed by atoms with Crippen molar-refractivity contribution in [2.45, 2.75) is 38.1 Å². The number of rotatable bonds is 11. The fraction of sp³-hybridized carbons (Fsp3) is 0.250. The van der Waals surface area contributed by atoms with Gasteiger partial charge in [0.1, 0.15) is 12.1 Å². The average Bonchev–Trinajstić information content (AvgIpc) is 3.42. The van der Waals surface area contributed by atoms with Crippen LogP contribution in [0.5, 0.6) is 5.75 Å². The van der Waals surface area contributed by atoms with Crippen LogP contribution in [0, 0.1) is 6.92 Å².